The second-order valence-electron chi connectivity index (χ2n) is 8.95. The van der Waals surface area contributed by atoms with E-state index in [0.29, 0.717) is 18.6 Å². The van der Waals surface area contributed by atoms with Gasteiger partial charge in [0.2, 0.25) is 10.0 Å². The molecule has 35 heavy (non-hydrogen) atoms. The summed E-state index contributed by atoms with van der Waals surface area (Å²) in [5, 5.41) is 2.02. The van der Waals surface area contributed by atoms with Crippen LogP contribution < -0.4 is 4.74 Å². The van der Waals surface area contributed by atoms with Crippen molar-refractivity contribution in [2.45, 2.75) is 50.0 Å². The maximum Gasteiger partial charge on any atom is 0.324 e. The summed E-state index contributed by atoms with van der Waals surface area (Å²) in [6, 6.07) is 13.8. The molecule has 8 heteroatoms. The molecule has 0 amide bonds. The molecular formula is C27H31NO5S2. The normalized spacial score (nSPS) is 18.5. The van der Waals surface area contributed by atoms with Gasteiger partial charge in [-0.2, -0.15) is 4.31 Å². The monoisotopic (exact) mass is 513 g/mol. The summed E-state index contributed by atoms with van der Waals surface area (Å²) in [7, 11) is -1.11. The maximum atomic E-state index is 13.8. The standard InChI is InChI=1S/C27H31NO5S2/c1-18-15-19(2)17-20(16-18)5-10-24-23-12-14-34-25(23)11-13-28(26(24)27(29)33-4)35(30,31)22-8-6-21(32-3)7-9-22/h6-9,12,14-17,24,26H,5,10-11,13H2,1-4H3/t24-,26+/m1/s1. The van der Waals surface area contributed by atoms with Crippen molar-refractivity contribution in [1.82, 2.24) is 4.31 Å². The number of carbonyl (C=O) groups is 1. The smallest absolute Gasteiger partial charge is 0.324 e. The summed E-state index contributed by atoms with van der Waals surface area (Å²) in [4.78, 5) is 14.5. The van der Waals surface area contributed by atoms with Crippen molar-refractivity contribution >= 4 is 27.3 Å². The van der Waals surface area contributed by atoms with Crippen LogP contribution >= 0.6 is 11.3 Å². The third kappa shape index (κ3) is 5.29. The molecule has 1 aromatic heterocycles. The Bertz CT molecular complexity index is 1280. The van der Waals surface area contributed by atoms with Crippen LogP contribution in [0.3, 0.4) is 0 Å². The fraction of sp³-hybridized carbons (Fsp3) is 0.370. The highest BCUT2D eigenvalue weighted by molar-refractivity contribution is 7.89. The molecule has 0 unspecified atom stereocenters. The minimum atomic E-state index is -3.96. The lowest BCUT2D eigenvalue weighted by Crippen LogP contribution is -2.48. The first-order valence-corrected chi connectivity index (χ1v) is 13.9. The molecule has 1 aliphatic heterocycles. The highest BCUT2D eigenvalue weighted by Gasteiger charge is 2.44. The van der Waals surface area contributed by atoms with E-state index in [0.717, 1.165) is 16.9 Å². The predicted octanol–water partition coefficient (Wildman–Crippen LogP) is 4.88. The molecule has 2 heterocycles. The Balaban J connectivity index is 1.75. The number of thiophene rings is 1. The van der Waals surface area contributed by atoms with Crippen LogP contribution in [-0.4, -0.2) is 45.5 Å². The van der Waals surface area contributed by atoms with Crippen molar-refractivity contribution < 1.29 is 22.7 Å². The van der Waals surface area contributed by atoms with Gasteiger partial charge in [-0.05, 0) is 79.9 Å². The number of methoxy groups -OCH3 is 2. The van der Waals surface area contributed by atoms with Gasteiger partial charge in [-0.15, -0.1) is 11.3 Å². The number of ether oxygens (including phenoxy) is 2. The summed E-state index contributed by atoms with van der Waals surface area (Å²) in [6.07, 6.45) is 1.91. The first kappa shape index (κ1) is 25.4. The van der Waals surface area contributed by atoms with Crippen LogP contribution in [0.15, 0.2) is 58.8 Å². The summed E-state index contributed by atoms with van der Waals surface area (Å²) < 4.78 is 39.4. The molecule has 2 atom stereocenters. The average Bonchev–Trinajstić information content (AvgIpc) is 3.24. The third-order valence-corrected chi connectivity index (χ3v) is 9.46. The lowest BCUT2D eigenvalue weighted by molar-refractivity contribution is -0.146. The maximum absolute atomic E-state index is 13.8. The molecule has 0 radical (unpaired) electrons. The minimum Gasteiger partial charge on any atom is -0.497 e. The number of rotatable bonds is 7. The summed E-state index contributed by atoms with van der Waals surface area (Å²) in [5.41, 5.74) is 4.59. The molecule has 0 N–H and O–H groups in total. The first-order valence-electron chi connectivity index (χ1n) is 11.6. The van der Waals surface area contributed by atoms with Gasteiger partial charge in [-0.3, -0.25) is 4.79 Å². The molecule has 186 valence electrons. The van der Waals surface area contributed by atoms with E-state index < -0.39 is 22.0 Å². The van der Waals surface area contributed by atoms with Crippen LogP contribution in [0.1, 0.15) is 39.5 Å². The number of benzene rings is 2. The number of aryl methyl sites for hydroxylation is 3. The average molecular weight is 514 g/mol. The van der Waals surface area contributed by atoms with Crippen molar-refractivity contribution in [1.29, 1.82) is 0 Å². The summed E-state index contributed by atoms with van der Waals surface area (Å²) in [5.74, 6) is -0.288. The Morgan fingerprint density at radius 2 is 1.74 bits per heavy atom. The summed E-state index contributed by atoms with van der Waals surface area (Å²) in [6.45, 7) is 4.35. The topological polar surface area (TPSA) is 72.9 Å². The molecule has 2 aromatic carbocycles. The first-order chi connectivity index (χ1) is 16.7. The van der Waals surface area contributed by atoms with Gasteiger partial charge in [-0.25, -0.2) is 8.42 Å². The van der Waals surface area contributed by atoms with Crippen LogP contribution in [0, 0.1) is 13.8 Å². The predicted molar refractivity (Wildman–Crippen MR) is 138 cm³/mol. The SMILES string of the molecule is COC(=O)[C@@H]1[C@H](CCc2cc(C)cc(C)c2)c2ccsc2CCN1S(=O)(=O)c1ccc(OC)cc1. The van der Waals surface area contributed by atoms with E-state index >= 15 is 0 Å². The Morgan fingerprint density at radius 3 is 2.37 bits per heavy atom. The highest BCUT2D eigenvalue weighted by atomic mass is 32.2. The molecule has 0 spiro atoms. The molecule has 0 saturated heterocycles. The van der Waals surface area contributed by atoms with E-state index in [2.05, 4.69) is 32.0 Å². The fourth-order valence-corrected chi connectivity index (χ4v) is 7.57. The van der Waals surface area contributed by atoms with Gasteiger partial charge in [0, 0.05) is 17.3 Å². The Labute approximate surface area is 211 Å². The molecule has 6 nitrogen and oxygen atoms in total. The quantitative estimate of drug-likeness (QED) is 0.421. The lowest BCUT2D eigenvalue weighted by Gasteiger charge is -2.32. The molecule has 0 fully saturated rings. The molecule has 0 aliphatic carbocycles. The highest BCUT2D eigenvalue weighted by Crippen LogP contribution is 2.39. The molecule has 0 bridgehead atoms. The fourth-order valence-electron chi connectivity index (χ4n) is 5.01. The minimum absolute atomic E-state index is 0.130. The van der Waals surface area contributed by atoms with E-state index in [-0.39, 0.29) is 17.4 Å². The number of nitrogens with zero attached hydrogens (tertiary/aromatic N) is 1. The Hall–Kier alpha value is -2.68. The van der Waals surface area contributed by atoms with Crippen molar-refractivity contribution in [3.63, 3.8) is 0 Å². The van der Waals surface area contributed by atoms with E-state index in [4.69, 9.17) is 9.47 Å². The van der Waals surface area contributed by atoms with E-state index in [9.17, 15) is 13.2 Å². The number of carbonyl (C=O) groups excluding carboxylic acids is 1. The zero-order valence-corrected chi connectivity index (χ0v) is 22.1. The molecule has 4 rings (SSSR count). The largest absolute Gasteiger partial charge is 0.497 e. The second-order valence-corrected chi connectivity index (χ2v) is 11.8. The van der Waals surface area contributed by atoms with Crippen molar-refractivity contribution in [2.24, 2.45) is 0 Å². The van der Waals surface area contributed by atoms with Gasteiger partial charge in [0.1, 0.15) is 11.8 Å². The van der Waals surface area contributed by atoms with Crippen molar-refractivity contribution in [2.75, 3.05) is 20.8 Å². The van der Waals surface area contributed by atoms with Crippen LogP contribution in [0.25, 0.3) is 0 Å². The van der Waals surface area contributed by atoms with Crippen molar-refractivity contribution in [3.8, 4) is 5.75 Å². The molecule has 1 aliphatic rings. The Kier molecular flexibility index (Phi) is 7.64. The Morgan fingerprint density at radius 1 is 1.06 bits per heavy atom. The van der Waals surface area contributed by atoms with Crippen LogP contribution in [-0.2, 0) is 32.4 Å². The zero-order chi connectivity index (χ0) is 25.2. The van der Waals surface area contributed by atoms with E-state index in [1.807, 2.05) is 11.4 Å². The van der Waals surface area contributed by atoms with Gasteiger partial charge < -0.3 is 9.47 Å². The molecular weight excluding hydrogens is 482 g/mol. The van der Waals surface area contributed by atoms with Gasteiger partial charge in [-0.1, -0.05) is 29.3 Å². The van der Waals surface area contributed by atoms with Crippen LogP contribution in [0.2, 0.25) is 0 Å². The number of hydrogen-bond acceptors (Lipinski definition) is 6. The molecule has 3 aromatic rings. The van der Waals surface area contributed by atoms with E-state index in [1.165, 1.54) is 47.3 Å². The number of esters is 1. The number of sulfonamides is 1. The number of fused-ring (bicyclic) bond motifs is 1. The third-order valence-electron chi connectivity index (χ3n) is 6.56. The van der Waals surface area contributed by atoms with E-state index in [1.54, 1.807) is 23.5 Å². The van der Waals surface area contributed by atoms with Gasteiger partial charge in [0.25, 0.3) is 0 Å². The van der Waals surface area contributed by atoms with Crippen LogP contribution in [0.4, 0.5) is 0 Å². The lowest BCUT2D eigenvalue weighted by atomic mass is 9.86. The second kappa shape index (κ2) is 10.5. The van der Waals surface area contributed by atoms with Gasteiger partial charge in [0.15, 0.2) is 0 Å². The molecule has 0 saturated carbocycles. The van der Waals surface area contributed by atoms with Crippen molar-refractivity contribution in [3.05, 3.63) is 81.0 Å². The number of hydrogen-bond donors (Lipinski definition) is 0. The van der Waals surface area contributed by atoms with Crippen LogP contribution in [0.5, 0.6) is 5.75 Å². The van der Waals surface area contributed by atoms with Gasteiger partial charge >= 0.3 is 5.97 Å². The van der Waals surface area contributed by atoms with Gasteiger partial charge in [0.05, 0.1) is 19.1 Å². The zero-order valence-electron chi connectivity index (χ0n) is 20.5. The summed E-state index contributed by atoms with van der Waals surface area (Å²) >= 11 is 1.61.